The summed E-state index contributed by atoms with van der Waals surface area (Å²) in [6.45, 7) is 7.04. The van der Waals surface area contributed by atoms with Crippen LogP contribution in [0.5, 0.6) is 0 Å². The summed E-state index contributed by atoms with van der Waals surface area (Å²) in [6.07, 6.45) is 1.92. The molecule has 0 aliphatic carbocycles. The minimum Gasteiger partial charge on any atom is -0.379 e. The molecule has 2 atom stereocenters. The van der Waals surface area contributed by atoms with Crippen LogP contribution in [0.2, 0.25) is 0 Å². The summed E-state index contributed by atoms with van der Waals surface area (Å²) in [5.74, 6) is 0.236. The Balaban J connectivity index is 1.40. The van der Waals surface area contributed by atoms with Gasteiger partial charge in [-0.05, 0) is 36.5 Å². The molecule has 2 saturated heterocycles. The summed E-state index contributed by atoms with van der Waals surface area (Å²) in [5, 5.41) is 3.32. The Labute approximate surface area is 203 Å². The number of nitrogens with one attached hydrogen (secondary N) is 1. The smallest absolute Gasteiger partial charge is 0.243 e. The number of benzene rings is 2. The topological polar surface area (TPSA) is 79.0 Å². The van der Waals surface area contributed by atoms with E-state index in [4.69, 9.17) is 4.74 Å². The van der Waals surface area contributed by atoms with Gasteiger partial charge in [-0.3, -0.25) is 9.69 Å². The number of hydrogen-bond donors (Lipinski definition) is 1. The van der Waals surface area contributed by atoms with Crippen LogP contribution in [0.1, 0.15) is 41.7 Å². The van der Waals surface area contributed by atoms with E-state index in [0.717, 1.165) is 25.9 Å². The summed E-state index contributed by atoms with van der Waals surface area (Å²) < 4.78 is 33.3. The molecule has 184 valence electrons. The quantitative estimate of drug-likeness (QED) is 0.550. The standard InChI is InChI=1S/C26H35N3O4S/c1-21-7-6-12-29(20-21)34(31,32)24-11-5-10-23(17-24)26(30)19-27-18-25(22-8-3-2-4-9-22)28-13-15-33-16-14-28/h2-5,8-11,17,21,25,27H,6-7,12-16,18-20H2,1H3. The maximum atomic E-state index is 13.1. The van der Waals surface area contributed by atoms with Crippen LogP contribution in [0, 0.1) is 5.92 Å². The van der Waals surface area contributed by atoms with Crippen LogP contribution in [0.25, 0.3) is 0 Å². The molecule has 2 heterocycles. The number of ether oxygens (including phenoxy) is 1. The van der Waals surface area contributed by atoms with Gasteiger partial charge in [0.05, 0.1) is 24.7 Å². The molecule has 2 aliphatic heterocycles. The summed E-state index contributed by atoms with van der Waals surface area (Å²) in [6, 6.07) is 16.9. The van der Waals surface area contributed by atoms with Gasteiger partial charge in [-0.15, -0.1) is 0 Å². The summed E-state index contributed by atoms with van der Waals surface area (Å²) in [4.78, 5) is 15.5. The molecule has 0 saturated carbocycles. The number of rotatable bonds is 9. The predicted octanol–water partition coefficient (Wildman–Crippen LogP) is 2.95. The molecule has 1 N–H and O–H groups in total. The van der Waals surface area contributed by atoms with Crippen molar-refractivity contribution >= 4 is 15.8 Å². The molecular formula is C26H35N3O4S. The fraction of sp³-hybridized carbons (Fsp3) is 0.500. The summed E-state index contributed by atoms with van der Waals surface area (Å²) >= 11 is 0. The van der Waals surface area contributed by atoms with E-state index >= 15 is 0 Å². The van der Waals surface area contributed by atoms with Gasteiger partial charge in [0.1, 0.15) is 0 Å². The third kappa shape index (κ3) is 6.12. The Morgan fingerprint density at radius 2 is 1.85 bits per heavy atom. The first kappa shape index (κ1) is 25.0. The van der Waals surface area contributed by atoms with E-state index in [1.54, 1.807) is 22.5 Å². The fourth-order valence-corrected chi connectivity index (χ4v) is 6.44. The van der Waals surface area contributed by atoms with Crippen molar-refractivity contribution in [1.29, 1.82) is 0 Å². The molecule has 2 aromatic carbocycles. The number of piperidine rings is 1. The van der Waals surface area contributed by atoms with Crippen molar-refractivity contribution in [2.75, 3.05) is 52.5 Å². The normalized spacial score (nSPS) is 21.3. The first-order chi connectivity index (χ1) is 16.4. The first-order valence-electron chi connectivity index (χ1n) is 12.2. The molecule has 0 spiro atoms. The van der Waals surface area contributed by atoms with E-state index in [2.05, 4.69) is 29.3 Å². The number of morpholine rings is 1. The molecule has 7 nitrogen and oxygen atoms in total. The van der Waals surface area contributed by atoms with Crippen molar-refractivity contribution in [3.63, 3.8) is 0 Å². The zero-order valence-corrected chi connectivity index (χ0v) is 20.7. The number of carbonyl (C=O) groups is 1. The molecule has 0 amide bonds. The molecule has 2 fully saturated rings. The second kappa shape index (κ2) is 11.6. The van der Waals surface area contributed by atoms with Crippen LogP contribution in [-0.2, 0) is 14.8 Å². The number of Topliss-reactive ketones (excluding diaryl/α,β-unsaturated/α-hetero) is 1. The number of ketones is 1. The van der Waals surface area contributed by atoms with Crippen molar-refractivity contribution < 1.29 is 17.9 Å². The van der Waals surface area contributed by atoms with Gasteiger partial charge in [0.25, 0.3) is 0 Å². The molecule has 2 aliphatic rings. The van der Waals surface area contributed by atoms with Crippen molar-refractivity contribution in [3.05, 3.63) is 65.7 Å². The number of sulfonamides is 1. The third-order valence-electron chi connectivity index (χ3n) is 6.71. The molecule has 0 aromatic heterocycles. The van der Waals surface area contributed by atoms with Crippen LogP contribution in [0.15, 0.2) is 59.5 Å². The molecule has 0 bridgehead atoms. The van der Waals surface area contributed by atoms with Crippen LogP contribution in [-0.4, -0.2) is 75.9 Å². The van der Waals surface area contributed by atoms with Crippen LogP contribution >= 0.6 is 0 Å². The zero-order chi connectivity index (χ0) is 24.0. The second-order valence-electron chi connectivity index (χ2n) is 9.27. The lowest BCUT2D eigenvalue weighted by atomic mass is 10.0. The van der Waals surface area contributed by atoms with E-state index in [1.165, 1.54) is 11.6 Å². The van der Waals surface area contributed by atoms with Crippen molar-refractivity contribution in [2.45, 2.75) is 30.7 Å². The van der Waals surface area contributed by atoms with Crippen molar-refractivity contribution in [3.8, 4) is 0 Å². The van der Waals surface area contributed by atoms with Crippen LogP contribution in [0.4, 0.5) is 0 Å². The Morgan fingerprint density at radius 3 is 2.59 bits per heavy atom. The molecule has 4 rings (SSSR count). The van der Waals surface area contributed by atoms with E-state index < -0.39 is 10.0 Å². The average molecular weight is 486 g/mol. The lowest BCUT2D eigenvalue weighted by Crippen LogP contribution is -2.43. The number of carbonyl (C=O) groups excluding carboxylic acids is 1. The van der Waals surface area contributed by atoms with Gasteiger partial charge in [-0.2, -0.15) is 4.31 Å². The van der Waals surface area contributed by atoms with Gasteiger partial charge >= 0.3 is 0 Å². The van der Waals surface area contributed by atoms with Crippen LogP contribution < -0.4 is 5.32 Å². The monoisotopic (exact) mass is 485 g/mol. The van der Waals surface area contributed by atoms with Gasteiger partial charge in [0.2, 0.25) is 10.0 Å². The maximum absolute atomic E-state index is 13.1. The van der Waals surface area contributed by atoms with Gasteiger partial charge in [0.15, 0.2) is 5.78 Å². The third-order valence-corrected chi connectivity index (χ3v) is 8.57. The average Bonchev–Trinajstić information content (AvgIpc) is 2.87. The Hall–Kier alpha value is -2.10. The Kier molecular flexibility index (Phi) is 8.50. The molecule has 2 aromatic rings. The highest BCUT2D eigenvalue weighted by molar-refractivity contribution is 7.89. The lowest BCUT2D eigenvalue weighted by Gasteiger charge is -2.35. The van der Waals surface area contributed by atoms with Gasteiger partial charge in [-0.1, -0.05) is 49.4 Å². The molecule has 34 heavy (non-hydrogen) atoms. The Bertz CT molecular complexity index is 1050. The second-order valence-corrected chi connectivity index (χ2v) is 11.2. The molecule has 2 unspecified atom stereocenters. The summed E-state index contributed by atoms with van der Waals surface area (Å²) in [7, 11) is -3.59. The summed E-state index contributed by atoms with van der Waals surface area (Å²) in [5.41, 5.74) is 1.62. The van der Waals surface area contributed by atoms with Crippen molar-refractivity contribution in [2.24, 2.45) is 5.92 Å². The predicted molar refractivity (Wildman–Crippen MR) is 132 cm³/mol. The van der Waals surface area contributed by atoms with Crippen molar-refractivity contribution in [1.82, 2.24) is 14.5 Å². The molecule has 0 radical (unpaired) electrons. The zero-order valence-electron chi connectivity index (χ0n) is 19.9. The highest BCUT2D eigenvalue weighted by atomic mass is 32.2. The number of hydrogen-bond acceptors (Lipinski definition) is 6. The van der Waals surface area contributed by atoms with E-state index in [0.29, 0.717) is 44.3 Å². The van der Waals surface area contributed by atoms with E-state index in [9.17, 15) is 13.2 Å². The fourth-order valence-electron chi connectivity index (χ4n) is 4.79. The van der Waals surface area contributed by atoms with Gasteiger partial charge in [-0.25, -0.2) is 8.42 Å². The molecule has 8 heteroatoms. The van der Waals surface area contributed by atoms with Gasteiger partial charge in [0, 0.05) is 44.3 Å². The van der Waals surface area contributed by atoms with Crippen LogP contribution in [0.3, 0.4) is 0 Å². The lowest BCUT2D eigenvalue weighted by molar-refractivity contribution is 0.0162. The van der Waals surface area contributed by atoms with E-state index in [-0.39, 0.29) is 23.3 Å². The van der Waals surface area contributed by atoms with E-state index in [1.807, 2.05) is 18.2 Å². The largest absolute Gasteiger partial charge is 0.379 e. The SMILES string of the molecule is CC1CCCN(S(=O)(=O)c2cccc(C(=O)CNCC(c3ccccc3)N3CCOCC3)c2)C1. The Morgan fingerprint density at radius 1 is 1.09 bits per heavy atom. The maximum Gasteiger partial charge on any atom is 0.243 e. The highest BCUT2D eigenvalue weighted by Gasteiger charge is 2.29. The molecular weight excluding hydrogens is 450 g/mol. The first-order valence-corrected chi connectivity index (χ1v) is 13.6. The minimum absolute atomic E-state index is 0.113. The number of nitrogens with zero attached hydrogens (tertiary/aromatic N) is 2. The highest BCUT2D eigenvalue weighted by Crippen LogP contribution is 2.24. The minimum atomic E-state index is -3.59. The van der Waals surface area contributed by atoms with Gasteiger partial charge < -0.3 is 10.1 Å².